The fraction of sp³-hybridized carbons (Fsp3) is 0.286. The van der Waals surface area contributed by atoms with Crippen LogP contribution in [0, 0.1) is 0 Å². The van der Waals surface area contributed by atoms with Crippen molar-refractivity contribution in [3.05, 3.63) is 46.5 Å². The van der Waals surface area contributed by atoms with Crippen LogP contribution in [0.25, 0.3) is 0 Å². The number of aromatic nitrogens is 2. The minimum absolute atomic E-state index is 0.0518. The summed E-state index contributed by atoms with van der Waals surface area (Å²) in [7, 11) is 3.06. The molecular formula is C14H16N2O4. The highest BCUT2D eigenvalue weighted by Crippen LogP contribution is 2.25. The number of benzene rings is 1. The predicted molar refractivity (Wildman–Crippen MR) is 73.5 cm³/mol. The molecule has 2 rings (SSSR count). The number of aromatic amines is 1. The molecule has 20 heavy (non-hydrogen) atoms. The van der Waals surface area contributed by atoms with Crippen LogP contribution in [0.1, 0.15) is 5.56 Å². The van der Waals surface area contributed by atoms with Crippen LogP contribution in [-0.4, -0.2) is 30.8 Å². The maximum absolute atomic E-state index is 11.5. The van der Waals surface area contributed by atoms with Crippen LogP contribution in [0.4, 0.5) is 0 Å². The van der Waals surface area contributed by atoms with Gasteiger partial charge in [0.2, 0.25) is 5.75 Å². The molecule has 0 saturated heterocycles. The zero-order valence-electron chi connectivity index (χ0n) is 11.4. The summed E-state index contributed by atoms with van der Waals surface area (Å²) in [6, 6.07) is 7.50. The molecule has 106 valence electrons. The molecule has 1 aromatic carbocycles. The number of nitrogens with zero attached hydrogens (tertiary/aromatic N) is 1. The van der Waals surface area contributed by atoms with Gasteiger partial charge in [0.05, 0.1) is 20.0 Å². The van der Waals surface area contributed by atoms with Gasteiger partial charge in [0.25, 0.3) is 11.4 Å². The van der Waals surface area contributed by atoms with E-state index in [1.807, 2.05) is 24.3 Å². The minimum Gasteiger partial charge on any atom is -0.487 e. The Morgan fingerprint density at radius 1 is 1.20 bits per heavy atom. The highest BCUT2D eigenvalue weighted by molar-refractivity contribution is 5.36. The van der Waals surface area contributed by atoms with E-state index >= 15 is 0 Å². The lowest BCUT2D eigenvalue weighted by molar-refractivity contribution is 0.202. The third-order valence-electron chi connectivity index (χ3n) is 2.71. The molecule has 0 atom stereocenters. The fourth-order valence-corrected chi connectivity index (χ4v) is 1.68. The van der Waals surface area contributed by atoms with Gasteiger partial charge in [0.1, 0.15) is 5.75 Å². The van der Waals surface area contributed by atoms with Crippen molar-refractivity contribution in [3.8, 4) is 17.4 Å². The molecule has 1 heterocycles. The lowest BCUT2D eigenvalue weighted by atomic mass is 10.1. The first-order valence-corrected chi connectivity index (χ1v) is 6.12. The van der Waals surface area contributed by atoms with E-state index in [9.17, 15) is 4.79 Å². The number of nitrogens with one attached hydrogen (secondary N) is 1. The molecule has 0 bridgehead atoms. The van der Waals surface area contributed by atoms with Crippen molar-refractivity contribution in [1.82, 2.24) is 9.97 Å². The first-order valence-electron chi connectivity index (χ1n) is 6.12. The molecule has 0 radical (unpaired) electrons. The summed E-state index contributed by atoms with van der Waals surface area (Å²) in [5, 5.41) is 0. The van der Waals surface area contributed by atoms with Gasteiger partial charge in [-0.1, -0.05) is 12.1 Å². The molecule has 1 N–H and O–H groups in total. The highest BCUT2D eigenvalue weighted by atomic mass is 16.5. The average Bonchev–Trinajstić information content (AvgIpc) is 2.47. The molecule has 6 nitrogen and oxygen atoms in total. The van der Waals surface area contributed by atoms with Crippen molar-refractivity contribution < 1.29 is 14.2 Å². The Morgan fingerprint density at radius 2 is 1.95 bits per heavy atom. The second-order valence-corrected chi connectivity index (χ2v) is 4.06. The largest absolute Gasteiger partial charge is 0.487 e. The van der Waals surface area contributed by atoms with Gasteiger partial charge in [-0.05, 0) is 24.1 Å². The number of hydrogen-bond acceptors (Lipinski definition) is 5. The van der Waals surface area contributed by atoms with Gasteiger partial charge in [0, 0.05) is 7.11 Å². The van der Waals surface area contributed by atoms with Crippen LogP contribution < -0.4 is 15.0 Å². The Labute approximate surface area is 116 Å². The predicted octanol–water partition coefficient (Wildman–Crippen LogP) is 1.76. The van der Waals surface area contributed by atoms with E-state index in [0.29, 0.717) is 12.4 Å². The topological polar surface area (TPSA) is 73.4 Å². The lowest BCUT2D eigenvalue weighted by Crippen LogP contribution is -2.10. The first-order chi connectivity index (χ1) is 9.74. The number of ether oxygens (including phenoxy) is 3. The van der Waals surface area contributed by atoms with Crippen molar-refractivity contribution in [2.45, 2.75) is 6.42 Å². The first kappa shape index (κ1) is 14.1. The summed E-state index contributed by atoms with van der Waals surface area (Å²) in [5.74, 6) is 0.777. The normalized spacial score (nSPS) is 10.3. The molecule has 0 amide bonds. The fourth-order valence-electron chi connectivity index (χ4n) is 1.68. The summed E-state index contributed by atoms with van der Waals surface area (Å²) in [6.45, 7) is 0.670. The van der Waals surface area contributed by atoms with Crippen molar-refractivity contribution in [2.75, 3.05) is 20.8 Å². The van der Waals surface area contributed by atoms with Crippen molar-refractivity contribution in [2.24, 2.45) is 0 Å². The van der Waals surface area contributed by atoms with Crippen LogP contribution in [-0.2, 0) is 11.2 Å². The Hall–Kier alpha value is -2.34. The highest BCUT2D eigenvalue weighted by Gasteiger charge is 2.11. The van der Waals surface area contributed by atoms with Gasteiger partial charge in [-0.15, -0.1) is 0 Å². The molecule has 2 aromatic rings. The Bertz CT molecular complexity index is 607. The van der Waals surface area contributed by atoms with E-state index < -0.39 is 0 Å². The monoisotopic (exact) mass is 276 g/mol. The number of rotatable bonds is 6. The number of hydrogen-bond donors (Lipinski definition) is 1. The van der Waals surface area contributed by atoms with E-state index in [-0.39, 0.29) is 17.2 Å². The summed E-state index contributed by atoms with van der Waals surface area (Å²) in [4.78, 5) is 17.9. The second kappa shape index (κ2) is 6.72. The minimum atomic E-state index is -0.380. The average molecular weight is 276 g/mol. The molecule has 0 aliphatic heterocycles. The third-order valence-corrected chi connectivity index (χ3v) is 2.71. The Kier molecular flexibility index (Phi) is 4.73. The van der Waals surface area contributed by atoms with Crippen LogP contribution in [0.5, 0.6) is 17.4 Å². The quantitative estimate of drug-likeness (QED) is 0.870. The van der Waals surface area contributed by atoms with Gasteiger partial charge in [-0.2, -0.15) is 0 Å². The zero-order chi connectivity index (χ0) is 14.4. The van der Waals surface area contributed by atoms with Crippen molar-refractivity contribution >= 4 is 0 Å². The van der Waals surface area contributed by atoms with Crippen LogP contribution in [0.3, 0.4) is 0 Å². The van der Waals surface area contributed by atoms with Crippen LogP contribution in [0.2, 0.25) is 0 Å². The summed E-state index contributed by atoms with van der Waals surface area (Å²) >= 11 is 0. The van der Waals surface area contributed by atoms with Gasteiger partial charge in [-0.3, -0.25) is 4.79 Å². The second-order valence-electron chi connectivity index (χ2n) is 4.06. The van der Waals surface area contributed by atoms with Crippen molar-refractivity contribution in [1.29, 1.82) is 0 Å². The third kappa shape index (κ3) is 3.36. The van der Waals surface area contributed by atoms with Crippen LogP contribution in [0.15, 0.2) is 35.4 Å². The molecule has 0 aliphatic carbocycles. The van der Waals surface area contributed by atoms with E-state index in [0.717, 1.165) is 12.0 Å². The van der Waals surface area contributed by atoms with Gasteiger partial charge in [-0.25, -0.2) is 4.98 Å². The Balaban J connectivity index is 2.14. The molecule has 0 aliphatic rings. The van der Waals surface area contributed by atoms with Crippen molar-refractivity contribution in [3.63, 3.8) is 0 Å². The molecule has 1 aromatic heterocycles. The summed E-state index contributed by atoms with van der Waals surface area (Å²) in [5.41, 5.74) is 0.763. The van der Waals surface area contributed by atoms with Gasteiger partial charge in [0.15, 0.2) is 0 Å². The molecular weight excluding hydrogens is 260 g/mol. The molecule has 0 fully saturated rings. The maximum atomic E-state index is 11.5. The maximum Gasteiger partial charge on any atom is 0.297 e. The van der Waals surface area contributed by atoms with Gasteiger partial charge < -0.3 is 19.2 Å². The molecule has 0 spiro atoms. The summed E-state index contributed by atoms with van der Waals surface area (Å²) in [6.07, 6.45) is 2.11. The lowest BCUT2D eigenvalue weighted by Gasteiger charge is -2.08. The Morgan fingerprint density at radius 3 is 2.60 bits per heavy atom. The van der Waals surface area contributed by atoms with Crippen LogP contribution >= 0.6 is 0 Å². The van der Waals surface area contributed by atoms with Gasteiger partial charge >= 0.3 is 0 Å². The molecule has 6 heteroatoms. The number of methoxy groups -OCH3 is 2. The summed E-state index contributed by atoms with van der Waals surface area (Å²) < 4.78 is 15.5. The molecule has 0 unspecified atom stereocenters. The van der Waals surface area contributed by atoms with E-state index in [1.54, 1.807) is 7.11 Å². The van der Waals surface area contributed by atoms with E-state index in [4.69, 9.17) is 14.2 Å². The SMILES string of the molecule is COCCc1ccc(Oc2nc[nH]c(=O)c2OC)cc1. The molecule has 0 saturated carbocycles. The number of H-pyrrole nitrogens is 1. The smallest absolute Gasteiger partial charge is 0.297 e. The van der Waals surface area contributed by atoms with E-state index in [1.165, 1.54) is 13.4 Å². The van der Waals surface area contributed by atoms with E-state index in [2.05, 4.69) is 9.97 Å². The standard InChI is InChI=1S/C14H16N2O4/c1-18-8-7-10-3-5-11(6-4-10)20-14-12(19-2)13(17)15-9-16-14/h3-6,9H,7-8H2,1-2H3,(H,15,16,17). The zero-order valence-corrected chi connectivity index (χ0v) is 11.4.